The van der Waals surface area contributed by atoms with Crippen molar-refractivity contribution in [1.82, 2.24) is 5.32 Å². The van der Waals surface area contributed by atoms with Gasteiger partial charge in [-0.2, -0.15) is 0 Å². The zero-order valence-corrected chi connectivity index (χ0v) is 13.7. The molecule has 6 nitrogen and oxygen atoms in total. The number of carbonyl (C=O) groups excluding carboxylic acids is 1. The summed E-state index contributed by atoms with van der Waals surface area (Å²) in [6.07, 6.45) is 1.59. The van der Waals surface area contributed by atoms with Gasteiger partial charge in [0, 0.05) is 17.2 Å². The molecule has 1 heterocycles. The molecule has 0 aliphatic carbocycles. The van der Waals surface area contributed by atoms with Gasteiger partial charge in [0.15, 0.2) is 5.17 Å². The van der Waals surface area contributed by atoms with Gasteiger partial charge in [-0.1, -0.05) is 23.7 Å². The van der Waals surface area contributed by atoms with E-state index in [1.807, 2.05) is 0 Å². The molecule has 1 amide bonds. The zero-order chi connectivity index (χ0) is 17.1. The van der Waals surface area contributed by atoms with Crippen LogP contribution in [0.1, 0.15) is 5.56 Å². The van der Waals surface area contributed by atoms with Crippen LogP contribution in [0.15, 0.2) is 58.4 Å². The molecule has 1 aliphatic rings. The topological polar surface area (TPSA) is 84.6 Å². The first kappa shape index (κ1) is 16.2. The molecular formula is C16H10ClN3O3S. The Morgan fingerprint density at radius 1 is 1.21 bits per heavy atom. The van der Waals surface area contributed by atoms with Crippen molar-refractivity contribution in [1.29, 1.82) is 0 Å². The number of thioether (sulfide) groups is 1. The molecule has 120 valence electrons. The number of benzene rings is 2. The number of nitrogens with zero attached hydrogens (tertiary/aromatic N) is 2. The molecule has 0 saturated carbocycles. The van der Waals surface area contributed by atoms with Gasteiger partial charge in [-0.05, 0) is 47.7 Å². The van der Waals surface area contributed by atoms with Crippen LogP contribution >= 0.6 is 23.4 Å². The van der Waals surface area contributed by atoms with Crippen LogP contribution in [-0.4, -0.2) is 16.0 Å². The minimum absolute atomic E-state index is 0.0252. The standard InChI is InChI=1S/C16H10ClN3O3S/c17-11-4-6-12(7-5-11)18-16-19-15(21)14(24-16)9-10-2-1-3-13(8-10)20(22)23/h1-9H,(H,18,19,21)/b14-9+. The largest absolute Gasteiger partial charge is 0.300 e. The number of carbonyl (C=O) groups is 1. The van der Waals surface area contributed by atoms with Gasteiger partial charge in [0.05, 0.1) is 15.5 Å². The number of non-ortho nitro benzene ring substituents is 1. The summed E-state index contributed by atoms with van der Waals surface area (Å²) in [6, 6.07) is 13.0. The number of amides is 1. The highest BCUT2D eigenvalue weighted by atomic mass is 35.5. The number of hydrogen-bond donors (Lipinski definition) is 1. The molecule has 0 spiro atoms. The highest BCUT2D eigenvalue weighted by molar-refractivity contribution is 8.18. The number of halogens is 1. The molecule has 3 rings (SSSR count). The lowest BCUT2D eigenvalue weighted by atomic mass is 10.2. The Labute approximate surface area is 146 Å². The van der Waals surface area contributed by atoms with Crippen LogP contribution in [0.3, 0.4) is 0 Å². The minimum atomic E-state index is -0.475. The van der Waals surface area contributed by atoms with Crippen molar-refractivity contribution in [2.24, 2.45) is 4.99 Å². The van der Waals surface area contributed by atoms with Crippen LogP contribution in [0.2, 0.25) is 5.02 Å². The fourth-order valence-corrected chi connectivity index (χ4v) is 2.96. The summed E-state index contributed by atoms with van der Waals surface area (Å²) in [7, 11) is 0. The average Bonchev–Trinajstić information content (AvgIpc) is 2.89. The normalized spacial score (nSPS) is 17.3. The minimum Gasteiger partial charge on any atom is -0.300 e. The average molecular weight is 360 g/mol. The van der Waals surface area contributed by atoms with Crippen molar-refractivity contribution in [2.45, 2.75) is 0 Å². The quantitative estimate of drug-likeness (QED) is 0.507. The molecule has 0 bridgehead atoms. The van der Waals surface area contributed by atoms with Crippen molar-refractivity contribution in [3.05, 3.63) is 74.1 Å². The Morgan fingerprint density at radius 3 is 2.67 bits per heavy atom. The molecule has 2 aromatic rings. The van der Waals surface area contributed by atoms with E-state index in [9.17, 15) is 14.9 Å². The lowest BCUT2D eigenvalue weighted by molar-refractivity contribution is -0.384. The molecule has 1 N–H and O–H groups in total. The Balaban J connectivity index is 1.83. The third-order valence-corrected chi connectivity index (χ3v) is 4.25. The maximum absolute atomic E-state index is 12.0. The summed E-state index contributed by atoms with van der Waals surface area (Å²) in [5.41, 5.74) is 1.22. The van der Waals surface area contributed by atoms with Crippen molar-refractivity contribution >= 4 is 51.9 Å². The lowest BCUT2D eigenvalue weighted by Gasteiger charge is -1.96. The van der Waals surface area contributed by atoms with E-state index in [1.165, 1.54) is 23.9 Å². The first-order chi connectivity index (χ1) is 11.5. The van der Waals surface area contributed by atoms with Crippen LogP contribution < -0.4 is 5.32 Å². The van der Waals surface area contributed by atoms with Gasteiger partial charge in [-0.15, -0.1) is 0 Å². The van der Waals surface area contributed by atoms with Gasteiger partial charge >= 0.3 is 0 Å². The van der Waals surface area contributed by atoms with Gasteiger partial charge in [-0.25, -0.2) is 4.99 Å². The molecule has 0 unspecified atom stereocenters. The number of amidine groups is 1. The smallest absolute Gasteiger partial charge is 0.270 e. The number of nitro groups is 1. The highest BCUT2D eigenvalue weighted by Crippen LogP contribution is 2.29. The van der Waals surface area contributed by atoms with E-state index in [0.717, 1.165) is 0 Å². The van der Waals surface area contributed by atoms with E-state index >= 15 is 0 Å². The summed E-state index contributed by atoms with van der Waals surface area (Å²) >= 11 is 6.99. The Morgan fingerprint density at radius 2 is 1.96 bits per heavy atom. The Bertz CT molecular complexity index is 878. The van der Waals surface area contributed by atoms with E-state index in [1.54, 1.807) is 42.5 Å². The predicted molar refractivity (Wildman–Crippen MR) is 95.4 cm³/mol. The van der Waals surface area contributed by atoms with Crippen molar-refractivity contribution in [3.8, 4) is 0 Å². The Hall–Kier alpha value is -2.64. The molecule has 24 heavy (non-hydrogen) atoms. The number of nitrogens with one attached hydrogen (secondary N) is 1. The van der Waals surface area contributed by atoms with Gasteiger partial charge < -0.3 is 5.32 Å². The van der Waals surface area contributed by atoms with Crippen LogP contribution in [0, 0.1) is 10.1 Å². The zero-order valence-electron chi connectivity index (χ0n) is 12.1. The monoisotopic (exact) mass is 359 g/mol. The summed E-state index contributed by atoms with van der Waals surface area (Å²) in [5.74, 6) is -0.292. The van der Waals surface area contributed by atoms with Gasteiger partial charge in [-0.3, -0.25) is 14.9 Å². The molecule has 1 fully saturated rings. The van der Waals surface area contributed by atoms with E-state index in [2.05, 4.69) is 10.3 Å². The second kappa shape index (κ2) is 6.86. The fraction of sp³-hybridized carbons (Fsp3) is 0. The van der Waals surface area contributed by atoms with Crippen molar-refractivity contribution < 1.29 is 9.72 Å². The summed E-state index contributed by atoms with van der Waals surface area (Å²) < 4.78 is 0. The van der Waals surface area contributed by atoms with E-state index < -0.39 is 4.92 Å². The summed E-state index contributed by atoms with van der Waals surface area (Å²) in [6.45, 7) is 0. The SMILES string of the molecule is O=C1NC(=Nc2ccc(Cl)cc2)S/C1=C/c1cccc([N+](=O)[O-])c1. The maximum atomic E-state index is 12.0. The van der Waals surface area contributed by atoms with Gasteiger partial charge in [0.2, 0.25) is 0 Å². The van der Waals surface area contributed by atoms with Crippen molar-refractivity contribution in [3.63, 3.8) is 0 Å². The highest BCUT2D eigenvalue weighted by Gasteiger charge is 2.24. The van der Waals surface area contributed by atoms with Crippen LogP contribution in [0.4, 0.5) is 11.4 Å². The first-order valence-corrected chi connectivity index (χ1v) is 8.00. The third kappa shape index (κ3) is 3.81. The maximum Gasteiger partial charge on any atom is 0.270 e. The summed E-state index contributed by atoms with van der Waals surface area (Å²) in [5, 5.41) is 14.5. The molecule has 0 radical (unpaired) electrons. The third-order valence-electron chi connectivity index (χ3n) is 3.09. The van der Waals surface area contributed by atoms with E-state index in [0.29, 0.717) is 26.3 Å². The number of nitro benzene ring substituents is 1. The second-order valence-corrected chi connectivity index (χ2v) is 6.28. The van der Waals surface area contributed by atoms with Crippen LogP contribution in [-0.2, 0) is 4.79 Å². The molecule has 8 heteroatoms. The molecule has 0 aromatic heterocycles. The number of hydrogen-bond acceptors (Lipinski definition) is 5. The lowest BCUT2D eigenvalue weighted by Crippen LogP contribution is -2.19. The number of rotatable bonds is 3. The van der Waals surface area contributed by atoms with E-state index in [-0.39, 0.29) is 11.6 Å². The molecule has 2 aromatic carbocycles. The molecule has 1 saturated heterocycles. The fourth-order valence-electron chi connectivity index (χ4n) is 1.99. The predicted octanol–water partition coefficient (Wildman–Crippen LogP) is 4.14. The molecule has 0 atom stereocenters. The molecule has 1 aliphatic heterocycles. The van der Waals surface area contributed by atoms with Crippen LogP contribution in [0.25, 0.3) is 6.08 Å². The van der Waals surface area contributed by atoms with Crippen molar-refractivity contribution in [2.75, 3.05) is 0 Å². The second-order valence-electron chi connectivity index (χ2n) is 4.81. The van der Waals surface area contributed by atoms with E-state index in [4.69, 9.17) is 11.6 Å². The first-order valence-electron chi connectivity index (χ1n) is 6.81. The molecular weight excluding hydrogens is 350 g/mol. The van der Waals surface area contributed by atoms with Crippen LogP contribution in [0.5, 0.6) is 0 Å². The van der Waals surface area contributed by atoms with Gasteiger partial charge in [0.25, 0.3) is 11.6 Å². The van der Waals surface area contributed by atoms with Gasteiger partial charge in [0.1, 0.15) is 0 Å². The Kier molecular flexibility index (Phi) is 4.64. The number of aliphatic imine (C=N–C) groups is 1. The summed E-state index contributed by atoms with van der Waals surface area (Å²) in [4.78, 5) is 27.1.